The highest BCUT2D eigenvalue weighted by Gasteiger charge is 2.50. The van der Waals surface area contributed by atoms with E-state index < -0.39 is 0 Å². The van der Waals surface area contributed by atoms with Crippen LogP contribution in [-0.4, -0.2) is 5.54 Å². The largest absolute Gasteiger partial charge is 0.386 e. The number of hydrogen-bond acceptors (Lipinski definition) is 1. The second-order valence-corrected chi connectivity index (χ2v) is 7.59. The zero-order valence-electron chi connectivity index (χ0n) is 12.7. The van der Waals surface area contributed by atoms with Crippen molar-refractivity contribution in [2.45, 2.75) is 83.1 Å². The average Bonchev–Trinajstić information content (AvgIpc) is 2.36. The first-order chi connectivity index (χ1) is 9.30. The van der Waals surface area contributed by atoms with Crippen LogP contribution in [-0.2, 0) is 0 Å². The van der Waals surface area contributed by atoms with E-state index in [0.29, 0.717) is 5.54 Å². The van der Waals surface area contributed by atoms with Gasteiger partial charge in [0.25, 0.3) is 0 Å². The van der Waals surface area contributed by atoms with Crippen LogP contribution in [0.2, 0.25) is 0 Å². The first-order valence-corrected chi connectivity index (χ1v) is 8.72. The molecule has 0 radical (unpaired) electrons. The van der Waals surface area contributed by atoms with Gasteiger partial charge in [-0.3, -0.25) is 0 Å². The van der Waals surface area contributed by atoms with Crippen LogP contribution < -0.4 is 5.32 Å². The molecular formula is C18H31N. The van der Waals surface area contributed by atoms with E-state index >= 15 is 0 Å². The molecule has 0 aromatic heterocycles. The molecule has 1 nitrogen and oxygen atoms in total. The van der Waals surface area contributed by atoms with Crippen molar-refractivity contribution in [1.82, 2.24) is 5.32 Å². The molecule has 1 N–H and O–H groups in total. The number of nitrogens with one attached hydrogen (secondary N) is 1. The van der Waals surface area contributed by atoms with Gasteiger partial charge < -0.3 is 5.32 Å². The van der Waals surface area contributed by atoms with Gasteiger partial charge in [-0.05, 0) is 75.3 Å². The van der Waals surface area contributed by atoms with E-state index in [1.54, 1.807) is 19.3 Å². The molecule has 4 rings (SSSR count). The summed E-state index contributed by atoms with van der Waals surface area (Å²) in [6.07, 6.45) is 20.5. The van der Waals surface area contributed by atoms with Crippen LogP contribution in [0, 0.1) is 17.8 Å². The molecule has 108 valence electrons. The van der Waals surface area contributed by atoms with Crippen molar-refractivity contribution in [3.8, 4) is 0 Å². The summed E-state index contributed by atoms with van der Waals surface area (Å²) in [5.41, 5.74) is 0.509. The van der Waals surface area contributed by atoms with Gasteiger partial charge in [-0.2, -0.15) is 0 Å². The lowest BCUT2D eigenvalue weighted by Gasteiger charge is -2.57. The fourth-order valence-corrected chi connectivity index (χ4v) is 5.30. The topological polar surface area (TPSA) is 12.0 Å². The van der Waals surface area contributed by atoms with Crippen LogP contribution in [0.3, 0.4) is 0 Å². The van der Waals surface area contributed by atoms with Gasteiger partial charge in [-0.15, -0.1) is 0 Å². The van der Waals surface area contributed by atoms with E-state index in [4.69, 9.17) is 0 Å². The van der Waals surface area contributed by atoms with E-state index in [9.17, 15) is 0 Å². The van der Waals surface area contributed by atoms with E-state index in [2.05, 4.69) is 24.5 Å². The maximum atomic E-state index is 3.84. The van der Waals surface area contributed by atoms with Gasteiger partial charge in [-0.1, -0.05) is 32.3 Å². The molecule has 0 saturated heterocycles. The average molecular weight is 261 g/mol. The molecule has 0 spiro atoms. The van der Waals surface area contributed by atoms with E-state index in [1.807, 2.05) is 0 Å². The third-order valence-electron chi connectivity index (χ3n) is 5.77. The fraction of sp³-hybridized carbons (Fsp3) is 0.889. The van der Waals surface area contributed by atoms with Gasteiger partial charge in [0.15, 0.2) is 0 Å². The molecule has 4 aliphatic rings. The van der Waals surface area contributed by atoms with Gasteiger partial charge in [0, 0.05) is 5.54 Å². The van der Waals surface area contributed by atoms with Crippen molar-refractivity contribution >= 4 is 0 Å². The number of allylic oxidation sites excluding steroid dienone is 1. The molecule has 4 aliphatic carbocycles. The van der Waals surface area contributed by atoms with Crippen LogP contribution >= 0.6 is 0 Å². The Balaban J connectivity index is 1.43. The maximum absolute atomic E-state index is 3.84. The molecule has 0 aliphatic heterocycles. The van der Waals surface area contributed by atoms with Crippen LogP contribution in [0.4, 0.5) is 0 Å². The number of unbranched alkanes of at least 4 members (excludes halogenated alkanes) is 4. The molecule has 4 saturated carbocycles. The van der Waals surface area contributed by atoms with Crippen molar-refractivity contribution in [1.29, 1.82) is 0 Å². The highest BCUT2D eigenvalue weighted by Crippen LogP contribution is 2.55. The van der Waals surface area contributed by atoms with E-state index in [-0.39, 0.29) is 0 Å². The normalized spacial score (nSPS) is 40.2. The molecule has 0 aromatic rings. The lowest BCUT2D eigenvalue weighted by Crippen LogP contribution is -2.56. The fourth-order valence-electron chi connectivity index (χ4n) is 5.30. The Morgan fingerprint density at radius 1 is 0.947 bits per heavy atom. The minimum absolute atomic E-state index is 0.509. The molecular weight excluding hydrogens is 230 g/mol. The maximum Gasteiger partial charge on any atom is 0.0376 e. The Kier molecular flexibility index (Phi) is 4.19. The predicted molar refractivity (Wildman–Crippen MR) is 81.9 cm³/mol. The standard InChI is InChI=1S/C18H31N/c1-2-3-4-5-6-7-8-19-18-12-15-9-16(13-18)11-17(10-15)14-18/h7-8,15-17,19H,2-6,9-14H2,1H3. The highest BCUT2D eigenvalue weighted by molar-refractivity contribution is 5.08. The van der Waals surface area contributed by atoms with Gasteiger partial charge in [0.1, 0.15) is 0 Å². The smallest absolute Gasteiger partial charge is 0.0376 e. The summed E-state index contributed by atoms with van der Waals surface area (Å²) < 4.78 is 0. The summed E-state index contributed by atoms with van der Waals surface area (Å²) in [6.45, 7) is 2.28. The first-order valence-electron chi connectivity index (χ1n) is 8.72. The summed E-state index contributed by atoms with van der Waals surface area (Å²) >= 11 is 0. The second-order valence-electron chi connectivity index (χ2n) is 7.59. The Bertz CT molecular complexity index is 282. The third kappa shape index (κ3) is 3.17. The van der Waals surface area contributed by atoms with Gasteiger partial charge in [0.05, 0.1) is 0 Å². The first kappa shape index (κ1) is 13.5. The summed E-state index contributed by atoms with van der Waals surface area (Å²) in [5.74, 6) is 3.16. The van der Waals surface area contributed by atoms with Crippen LogP contribution in [0.1, 0.15) is 77.6 Å². The van der Waals surface area contributed by atoms with Crippen molar-refractivity contribution < 1.29 is 0 Å². The SMILES string of the molecule is CCCCCCC=CNC12CC3CC(CC(C3)C1)C2. The summed E-state index contributed by atoms with van der Waals surface area (Å²) in [4.78, 5) is 0. The highest BCUT2D eigenvalue weighted by atomic mass is 15.0. The predicted octanol–water partition coefficient (Wildman–Crippen LogP) is 5.03. The lowest BCUT2D eigenvalue weighted by molar-refractivity contribution is -0.0130. The zero-order valence-corrected chi connectivity index (χ0v) is 12.7. The van der Waals surface area contributed by atoms with Crippen LogP contribution in [0.25, 0.3) is 0 Å². The molecule has 0 heterocycles. The Labute approximate surface area is 119 Å². The summed E-state index contributed by atoms with van der Waals surface area (Å²) in [7, 11) is 0. The minimum Gasteiger partial charge on any atom is -0.386 e. The second kappa shape index (κ2) is 5.89. The Morgan fingerprint density at radius 2 is 1.58 bits per heavy atom. The molecule has 0 aromatic carbocycles. The minimum atomic E-state index is 0.509. The summed E-state index contributed by atoms with van der Waals surface area (Å²) in [6, 6.07) is 0. The van der Waals surface area contributed by atoms with Crippen molar-refractivity contribution in [3.05, 3.63) is 12.3 Å². The van der Waals surface area contributed by atoms with Gasteiger partial charge in [-0.25, -0.2) is 0 Å². The third-order valence-corrected chi connectivity index (χ3v) is 5.77. The molecule has 1 heteroatoms. The number of hydrogen-bond donors (Lipinski definition) is 1. The van der Waals surface area contributed by atoms with Gasteiger partial charge >= 0.3 is 0 Å². The quantitative estimate of drug-likeness (QED) is 0.634. The van der Waals surface area contributed by atoms with Crippen molar-refractivity contribution in [2.75, 3.05) is 0 Å². The summed E-state index contributed by atoms with van der Waals surface area (Å²) in [5, 5.41) is 3.84. The van der Waals surface area contributed by atoms with Crippen LogP contribution in [0.15, 0.2) is 12.3 Å². The van der Waals surface area contributed by atoms with Crippen LogP contribution in [0.5, 0.6) is 0 Å². The zero-order chi connectivity index (χ0) is 13.1. The van der Waals surface area contributed by atoms with E-state index in [0.717, 1.165) is 17.8 Å². The molecule has 0 amide bonds. The molecule has 4 bridgehead atoms. The Morgan fingerprint density at radius 3 is 2.16 bits per heavy atom. The lowest BCUT2D eigenvalue weighted by atomic mass is 9.53. The monoisotopic (exact) mass is 261 g/mol. The molecule has 0 unspecified atom stereocenters. The van der Waals surface area contributed by atoms with Gasteiger partial charge in [0.2, 0.25) is 0 Å². The molecule has 0 atom stereocenters. The molecule has 4 fully saturated rings. The number of rotatable bonds is 7. The van der Waals surface area contributed by atoms with Crippen molar-refractivity contribution in [3.63, 3.8) is 0 Å². The van der Waals surface area contributed by atoms with Crippen molar-refractivity contribution in [2.24, 2.45) is 17.8 Å². The molecule has 19 heavy (non-hydrogen) atoms. The van der Waals surface area contributed by atoms with E-state index in [1.165, 1.54) is 51.4 Å². The Hall–Kier alpha value is -0.460.